The maximum Gasteiger partial charge on any atom is 0.340 e. The number of carbonyl (C=O) groups is 1. The molecule has 0 radical (unpaired) electrons. The number of rotatable bonds is 3. The van der Waals surface area contributed by atoms with Gasteiger partial charge in [0.25, 0.3) is 0 Å². The molecule has 2 aliphatic heterocycles. The number of ether oxygens (including phenoxy) is 1. The lowest BCUT2D eigenvalue weighted by molar-refractivity contribution is 0.0595. The van der Waals surface area contributed by atoms with Gasteiger partial charge >= 0.3 is 5.97 Å². The minimum Gasteiger partial charge on any atom is -0.465 e. The summed E-state index contributed by atoms with van der Waals surface area (Å²) in [5.41, 5.74) is 0.911. The Kier molecular flexibility index (Phi) is 4.22. The van der Waals surface area contributed by atoms with E-state index in [4.69, 9.17) is 0 Å². The third kappa shape index (κ3) is 3.09. The van der Waals surface area contributed by atoms with Crippen LogP contribution in [-0.4, -0.2) is 55.1 Å². The van der Waals surface area contributed by atoms with Crippen molar-refractivity contribution >= 4 is 5.97 Å². The molecule has 1 atom stereocenters. The molecule has 2 fully saturated rings. The van der Waals surface area contributed by atoms with Crippen LogP contribution in [0.2, 0.25) is 0 Å². The Hall–Kier alpha value is -1.46. The molecule has 0 amide bonds. The first-order valence-corrected chi connectivity index (χ1v) is 7.50. The zero-order valence-electron chi connectivity index (χ0n) is 12.3. The van der Waals surface area contributed by atoms with E-state index in [-0.39, 0.29) is 5.56 Å². The Morgan fingerprint density at radius 2 is 2.24 bits per heavy atom. The predicted octanol–water partition coefficient (Wildman–Crippen LogP) is 1.89. The smallest absolute Gasteiger partial charge is 0.340 e. The summed E-state index contributed by atoms with van der Waals surface area (Å²) in [6.45, 7) is 5.15. The van der Waals surface area contributed by atoms with Crippen molar-refractivity contribution in [2.24, 2.45) is 0 Å². The van der Waals surface area contributed by atoms with Gasteiger partial charge in [-0.05, 0) is 37.1 Å². The van der Waals surface area contributed by atoms with Gasteiger partial charge in [-0.3, -0.25) is 9.80 Å². The molecule has 4 nitrogen and oxygen atoms in total. The van der Waals surface area contributed by atoms with E-state index < -0.39 is 11.8 Å². The van der Waals surface area contributed by atoms with Crippen molar-refractivity contribution < 1.29 is 13.9 Å². The van der Waals surface area contributed by atoms with Crippen molar-refractivity contribution in [3.05, 3.63) is 35.1 Å². The van der Waals surface area contributed by atoms with E-state index in [0.717, 1.165) is 31.7 Å². The number of hydrogen-bond acceptors (Lipinski definition) is 4. The first-order valence-electron chi connectivity index (χ1n) is 7.50. The lowest BCUT2D eigenvalue weighted by Crippen LogP contribution is -2.49. The summed E-state index contributed by atoms with van der Waals surface area (Å²) in [5.74, 6) is -1.13. The monoisotopic (exact) mass is 292 g/mol. The molecule has 0 aromatic heterocycles. The summed E-state index contributed by atoms with van der Waals surface area (Å²) in [6.07, 6.45) is 2.56. The minimum atomic E-state index is -0.626. The quantitative estimate of drug-likeness (QED) is 0.797. The molecule has 1 aromatic rings. The average molecular weight is 292 g/mol. The Bertz CT molecular complexity index is 535. The Morgan fingerprint density at radius 1 is 1.38 bits per heavy atom. The van der Waals surface area contributed by atoms with Gasteiger partial charge in [-0.2, -0.15) is 0 Å². The van der Waals surface area contributed by atoms with Gasteiger partial charge in [-0.15, -0.1) is 0 Å². The fourth-order valence-corrected chi connectivity index (χ4v) is 3.39. The van der Waals surface area contributed by atoms with Crippen LogP contribution in [0.25, 0.3) is 0 Å². The Balaban J connectivity index is 1.65. The average Bonchev–Trinajstić information content (AvgIpc) is 2.94. The third-order valence-electron chi connectivity index (χ3n) is 4.52. The molecule has 0 saturated carbocycles. The van der Waals surface area contributed by atoms with Crippen molar-refractivity contribution in [1.29, 1.82) is 0 Å². The Labute approximate surface area is 124 Å². The molecule has 1 aromatic carbocycles. The largest absolute Gasteiger partial charge is 0.465 e. The molecule has 2 saturated heterocycles. The van der Waals surface area contributed by atoms with E-state index in [1.165, 1.54) is 38.6 Å². The maximum absolute atomic E-state index is 13.9. The van der Waals surface area contributed by atoms with Crippen LogP contribution in [0, 0.1) is 5.82 Å². The highest BCUT2D eigenvalue weighted by Gasteiger charge is 2.30. The number of piperazine rings is 1. The van der Waals surface area contributed by atoms with Crippen molar-refractivity contribution in [2.75, 3.05) is 33.3 Å². The van der Waals surface area contributed by atoms with Gasteiger partial charge in [0.15, 0.2) is 0 Å². The Morgan fingerprint density at radius 3 is 3.00 bits per heavy atom. The van der Waals surface area contributed by atoms with E-state index in [0.29, 0.717) is 6.04 Å². The first-order chi connectivity index (χ1) is 10.2. The summed E-state index contributed by atoms with van der Waals surface area (Å²) < 4.78 is 18.5. The standard InChI is InChI=1S/C16H21FN2O2/c1-21-16(20)14-5-4-12(9-15(14)17)10-18-7-8-19-6-2-3-13(19)11-18/h4-5,9,13H,2-3,6-8,10-11H2,1H3. The number of halogens is 1. The molecule has 5 heteroatoms. The zero-order valence-corrected chi connectivity index (χ0v) is 12.3. The molecular formula is C16H21FN2O2. The number of hydrogen-bond donors (Lipinski definition) is 0. The van der Waals surface area contributed by atoms with Crippen LogP contribution < -0.4 is 0 Å². The number of nitrogens with zero attached hydrogens (tertiary/aromatic N) is 2. The van der Waals surface area contributed by atoms with E-state index in [1.807, 2.05) is 6.07 Å². The van der Waals surface area contributed by atoms with Gasteiger partial charge in [-0.1, -0.05) is 6.07 Å². The summed E-state index contributed by atoms with van der Waals surface area (Å²) in [5, 5.41) is 0. The number of esters is 1. The second-order valence-electron chi connectivity index (χ2n) is 5.87. The lowest BCUT2D eigenvalue weighted by Gasteiger charge is -2.37. The van der Waals surface area contributed by atoms with Crippen LogP contribution >= 0.6 is 0 Å². The fraction of sp³-hybridized carbons (Fsp3) is 0.562. The number of methoxy groups -OCH3 is 1. The van der Waals surface area contributed by atoms with E-state index >= 15 is 0 Å². The van der Waals surface area contributed by atoms with Gasteiger partial charge in [0.05, 0.1) is 12.7 Å². The second-order valence-corrected chi connectivity index (χ2v) is 5.87. The van der Waals surface area contributed by atoms with E-state index in [1.54, 1.807) is 0 Å². The molecule has 0 N–H and O–H groups in total. The third-order valence-corrected chi connectivity index (χ3v) is 4.52. The fourth-order valence-electron chi connectivity index (χ4n) is 3.39. The highest BCUT2D eigenvalue weighted by molar-refractivity contribution is 5.89. The highest BCUT2D eigenvalue weighted by atomic mass is 19.1. The summed E-state index contributed by atoms with van der Waals surface area (Å²) >= 11 is 0. The number of fused-ring (bicyclic) bond motifs is 1. The molecule has 3 rings (SSSR count). The van der Waals surface area contributed by atoms with Gasteiger partial charge in [0.2, 0.25) is 0 Å². The van der Waals surface area contributed by atoms with Gasteiger partial charge in [0.1, 0.15) is 5.82 Å². The molecule has 21 heavy (non-hydrogen) atoms. The van der Waals surface area contributed by atoms with Gasteiger partial charge in [0, 0.05) is 32.2 Å². The first kappa shape index (κ1) is 14.5. The molecule has 0 spiro atoms. The molecule has 2 aliphatic rings. The maximum atomic E-state index is 13.9. The van der Waals surface area contributed by atoms with Crippen LogP contribution in [0.15, 0.2) is 18.2 Å². The van der Waals surface area contributed by atoms with Crippen LogP contribution in [0.3, 0.4) is 0 Å². The van der Waals surface area contributed by atoms with Crippen molar-refractivity contribution in [1.82, 2.24) is 9.80 Å². The summed E-state index contributed by atoms with van der Waals surface area (Å²) in [6, 6.07) is 5.45. The number of carbonyl (C=O) groups excluding carboxylic acids is 1. The van der Waals surface area contributed by atoms with Crippen molar-refractivity contribution in [2.45, 2.75) is 25.4 Å². The lowest BCUT2D eigenvalue weighted by atomic mass is 10.1. The molecule has 0 aliphatic carbocycles. The van der Waals surface area contributed by atoms with Crippen LogP contribution in [0.5, 0.6) is 0 Å². The predicted molar refractivity (Wildman–Crippen MR) is 77.6 cm³/mol. The van der Waals surface area contributed by atoms with Crippen LogP contribution in [0.4, 0.5) is 4.39 Å². The van der Waals surface area contributed by atoms with Crippen molar-refractivity contribution in [3.8, 4) is 0 Å². The van der Waals surface area contributed by atoms with Crippen LogP contribution in [0.1, 0.15) is 28.8 Å². The van der Waals surface area contributed by atoms with Gasteiger partial charge < -0.3 is 4.74 Å². The SMILES string of the molecule is COC(=O)c1ccc(CN2CCN3CCCC3C2)cc1F. The normalized spacial score (nSPS) is 23.0. The van der Waals surface area contributed by atoms with Crippen molar-refractivity contribution in [3.63, 3.8) is 0 Å². The minimum absolute atomic E-state index is 0.00172. The topological polar surface area (TPSA) is 32.8 Å². The molecule has 114 valence electrons. The second kappa shape index (κ2) is 6.12. The molecule has 1 unspecified atom stereocenters. The zero-order chi connectivity index (χ0) is 14.8. The van der Waals surface area contributed by atoms with E-state index in [2.05, 4.69) is 14.5 Å². The molecule has 2 heterocycles. The number of benzene rings is 1. The van der Waals surface area contributed by atoms with Crippen LogP contribution in [-0.2, 0) is 11.3 Å². The highest BCUT2D eigenvalue weighted by Crippen LogP contribution is 2.23. The molecule has 0 bridgehead atoms. The van der Waals surface area contributed by atoms with E-state index in [9.17, 15) is 9.18 Å². The molecular weight excluding hydrogens is 271 g/mol. The summed E-state index contributed by atoms with van der Waals surface area (Å²) in [4.78, 5) is 16.3. The van der Waals surface area contributed by atoms with Gasteiger partial charge in [-0.25, -0.2) is 9.18 Å². The summed E-state index contributed by atoms with van der Waals surface area (Å²) in [7, 11) is 1.26.